The molecule has 1 aliphatic rings. The van der Waals surface area contributed by atoms with Crippen LogP contribution >= 0.6 is 15.9 Å². The fraction of sp³-hybridized carbons (Fsp3) is 0.500. The van der Waals surface area contributed by atoms with Gasteiger partial charge in [0.15, 0.2) is 0 Å². The first-order valence-corrected chi connectivity index (χ1v) is 7.00. The van der Waals surface area contributed by atoms with E-state index in [1.54, 1.807) is 0 Å². The summed E-state index contributed by atoms with van der Waals surface area (Å²) < 4.78 is 47.9. The van der Waals surface area contributed by atoms with Crippen molar-refractivity contribution >= 4 is 15.9 Å². The van der Waals surface area contributed by atoms with E-state index in [4.69, 9.17) is 4.74 Å². The van der Waals surface area contributed by atoms with Crippen LogP contribution in [-0.2, 0) is 4.74 Å². The fourth-order valence-corrected chi connectivity index (χ4v) is 2.06. The first kappa shape index (κ1) is 15.9. The molecular weight excluding hydrogens is 355 g/mol. The molecule has 0 atom stereocenters. The highest BCUT2D eigenvalue weighted by atomic mass is 79.9. The summed E-state index contributed by atoms with van der Waals surface area (Å²) in [4.78, 5) is 4.05. The molecule has 0 unspecified atom stereocenters. The van der Waals surface area contributed by atoms with Crippen molar-refractivity contribution in [1.29, 1.82) is 0 Å². The lowest BCUT2D eigenvalue weighted by Crippen LogP contribution is -2.14. The molecule has 0 radical (unpaired) electrons. The van der Waals surface area contributed by atoms with Gasteiger partial charge < -0.3 is 9.47 Å². The van der Waals surface area contributed by atoms with Gasteiger partial charge in [-0.1, -0.05) is 0 Å². The van der Waals surface area contributed by atoms with E-state index in [0.29, 0.717) is 23.3 Å². The first-order chi connectivity index (χ1) is 9.74. The van der Waals surface area contributed by atoms with Gasteiger partial charge in [0.25, 0.3) is 0 Å². The van der Waals surface area contributed by atoms with E-state index in [1.165, 1.54) is 16.8 Å². The Hall–Kier alpha value is -1.51. The first-order valence-electron chi connectivity index (χ1n) is 6.21. The fourth-order valence-electron chi connectivity index (χ4n) is 1.74. The Balaban J connectivity index is 2.15. The number of allylic oxidation sites excluding steroid dienone is 3. The summed E-state index contributed by atoms with van der Waals surface area (Å²) >= 11 is 3.14. The highest BCUT2D eigenvalue weighted by Gasteiger charge is 2.32. The average molecular weight is 368 g/mol. The van der Waals surface area contributed by atoms with Crippen LogP contribution in [0.4, 0.5) is 13.2 Å². The molecule has 0 saturated heterocycles. The molecule has 0 aliphatic heterocycles. The number of ether oxygens (including phenoxy) is 2. The third kappa shape index (κ3) is 4.48. The van der Waals surface area contributed by atoms with Crippen molar-refractivity contribution in [3.05, 3.63) is 28.4 Å². The molecule has 0 aromatic carbocycles. The van der Waals surface area contributed by atoms with E-state index in [2.05, 4.69) is 30.7 Å². The van der Waals surface area contributed by atoms with Gasteiger partial charge in [0.2, 0.25) is 4.73 Å². The van der Waals surface area contributed by atoms with Crippen LogP contribution in [0.5, 0.6) is 6.01 Å². The van der Waals surface area contributed by atoms with Crippen molar-refractivity contribution in [3.8, 4) is 6.01 Å². The standard InChI is InChI=1S/C12H13BrF3N3O2/c1-7(2)19-11(17-10(13)18-19)20-8-4-3-5-9(6-8)21-12(14,15)16/h5-7H,3-4H2,1-2H3. The lowest BCUT2D eigenvalue weighted by molar-refractivity contribution is -0.303. The zero-order valence-corrected chi connectivity index (χ0v) is 12.9. The van der Waals surface area contributed by atoms with Gasteiger partial charge in [0, 0.05) is 12.5 Å². The summed E-state index contributed by atoms with van der Waals surface area (Å²) in [6, 6.07) is 0.223. The van der Waals surface area contributed by atoms with E-state index in [1.807, 2.05) is 13.8 Å². The van der Waals surface area contributed by atoms with E-state index in [9.17, 15) is 13.2 Å². The van der Waals surface area contributed by atoms with Crippen molar-refractivity contribution in [3.63, 3.8) is 0 Å². The molecule has 0 bridgehead atoms. The summed E-state index contributed by atoms with van der Waals surface area (Å²) in [5.74, 6) is 0.0666. The van der Waals surface area contributed by atoms with E-state index < -0.39 is 6.36 Å². The second-order valence-electron chi connectivity index (χ2n) is 4.61. The van der Waals surface area contributed by atoms with Crippen LogP contribution in [0, 0.1) is 0 Å². The van der Waals surface area contributed by atoms with Gasteiger partial charge in [-0.2, -0.15) is 4.98 Å². The molecule has 21 heavy (non-hydrogen) atoms. The van der Waals surface area contributed by atoms with Crippen LogP contribution in [0.15, 0.2) is 28.4 Å². The topological polar surface area (TPSA) is 49.2 Å². The minimum absolute atomic E-state index is 0.00410. The molecule has 0 spiro atoms. The maximum atomic E-state index is 12.2. The lowest BCUT2D eigenvalue weighted by Gasteiger charge is -2.17. The summed E-state index contributed by atoms with van der Waals surface area (Å²) in [5.41, 5.74) is 0. The monoisotopic (exact) mass is 367 g/mol. The maximum Gasteiger partial charge on any atom is 0.573 e. The van der Waals surface area contributed by atoms with Gasteiger partial charge in [-0.15, -0.1) is 18.3 Å². The van der Waals surface area contributed by atoms with E-state index >= 15 is 0 Å². The predicted octanol–water partition coefficient (Wildman–Crippen LogP) is 4.10. The number of aromatic nitrogens is 3. The number of rotatable bonds is 4. The zero-order valence-electron chi connectivity index (χ0n) is 11.3. The number of hydrogen-bond acceptors (Lipinski definition) is 4. The quantitative estimate of drug-likeness (QED) is 0.803. The maximum absolute atomic E-state index is 12.2. The highest BCUT2D eigenvalue weighted by molar-refractivity contribution is 9.10. The Morgan fingerprint density at radius 2 is 2.10 bits per heavy atom. The molecule has 0 N–H and O–H groups in total. The van der Waals surface area contributed by atoms with Crippen LogP contribution in [-0.4, -0.2) is 21.1 Å². The molecule has 1 aromatic rings. The second kappa shape index (κ2) is 6.08. The summed E-state index contributed by atoms with van der Waals surface area (Å²) in [5, 5.41) is 4.10. The minimum Gasteiger partial charge on any atom is -0.429 e. The summed E-state index contributed by atoms with van der Waals surface area (Å²) in [6.07, 6.45) is -1.28. The largest absolute Gasteiger partial charge is 0.573 e. The zero-order chi connectivity index (χ0) is 15.6. The molecule has 9 heteroatoms. The molecule has 116 valence electrons. The SMILES string of the molecule is CC(C)n1nc(Br)nc1OC1=CC(OC(F)(F)F)=CCC1. The van der Waals surface area contributed by atoms with Gasteiger partial charge in [-0.3, -0.25) is 0 Å². The highest BCUT2D eigenvalue weighted by Crippen LogP contribution is 2.28. The molecule has 2 rings (SSSR count). The molecule has 1 aliphatic carbocycles. The molecule has 0 fully saturated rings. The third-order valence-electron chi connectivity index (χ3n) is 2.56. The molecular formula is C12H13BrF3N3O2. The number of nitrogens with zero attached hydrogens (tertiary/aromatic N) is 3. The van der Waals surface area contributed by atoms with Crippen molar-refractivity contribution in [2.45, 2.75) is 39.1 Å². The van der Waals surface area contributed by atoms with Crippen LogP contribution < -0.4 is 4.74 Å². The number of hydrogen-bond donors (Lipinski definition) is 0. The van der Waals surface area contributed by atoms with Gasteiger partial charge in [0.1, 0.15) is 11.5 Å². The van der Waals surface area contributed by atoms with Gasteiger partial charge >= 0.3 is 12.4 Å². The number of halogens is 4. The molecule has 1 heterocycles. The van der Waals surface area contributed by atoms with Gasteiger partial charge in [-0.25, -0.2) is 4.68 Å². The van der Waals surface area contributed by atoms with E-state index in [-0.39, 0.29) is 17.8 Å². The van der Waals surface area contributed by atoms with Crippen molar-refractivity contribution in [2.75, 3.05) is 0 Å². The van der Waals surface area contributed by atoms with Crippen molar-refractivity contribution in [2.24, 2.45) is 0 Å². The normalized spacial score (nSPS) is 15.8. The van der Waals surface area contributed by atoms with Gasteiger partial charge in [0.05, 0.1) is 6.04 Å². The van der Waals surface area contributed by atoms with Crippen molar-refractivity contribution < 1.29 is 22.6 Å². The van der Waals surface area contributed by atoms with Crippen LogP contribution in [0.2, 0.25) is 0 Å². The van der Waals surface area contributed by atoms with Crippen LogP contribution in [0.25, 0.3) is 0 Å². The minimum atomic E-state index is -4.72. The number of alkyl halides is 3. The Morgan fingerprint density at radius 1 is 1.38 bits per heavy atom. The van der Waals surface area contributed by atoms with Crippen molar-refractivity contribution in [1.82, 2.24) is 14.8 Å². The molecule has 5 nitrogen and oxygen atoms in total. The molecule has 1 aromatic heterocycles. The Kier molecular flexibility index (Phi) is 4.60. The lowest BCUT2D eigenvalue weighted by atomic mass is 10.1. The predicted molar refractivity (Wildman–Crippen MR) is 71.3 cm³/mol. The Labute approximate surface area is 127 Å². The Bertz CT molecular complexity index is 579. The molecule has 0 amide bonds. The smallest absolute Gasteiger partial charge is 0.429 e. The van der Waals surface area contributed by atoms with Crippen LogP contribution in [0.1, 0.15) is 32.7 Å². The Morgan fingerprint density at radius 3 is 2.71 bits per heavy atom. The van der Waals surface area contributed by atoms with Crippen LogP contribution in [0.3, 0.4) is 0 Å². The third-order valence-corrected chi connectivity index (χ3v) is 2.89. The molecule has 0 saturated carbocycles. The van der Waals surface area contributed by atoms with E-state index in [0.717, 1.165) is 0 Å². The summed E-state index contributed by atoms with van der Waals surface area (Å²) in [7, 11) is 0. The second-order valence-corrected chi connectivity index (χ2v) is 5.32. The van der Waals surface area contributed by atoms with Gasteiger partial charge in [-0.05, 0) is 42.3 Å². The average Bonchev–Trinajstić information content (AvgIpc) is 2.68. The summed E-state index contributed by atoms with van der Waals surface area (Å²) in [6.45, 7) is 3.78.